The molecule has 6 nitrogen and oxygen atoms in total. The van der Waals surface area contributed by atoms with Crippen LogP contribution in [0.25, 0.3) is 11.0 Å². The van der Waals surface area contributed by atoms with Gasteiger partial charge in [-0.25, -0.2) is 4.98 Å². The van der Waals surface area contributed by atoms with E-state index in [4.69, 9.17) is 4.98 Å². The molecule has 1 aromatic heterocycles. The zero-order valence-electron chi connectivity index (χ0n) is 19.5. The molecule has 0 aliphatic carbocycles. The molecule has 3 aromatic rings. The number of benzene rings is 2. The normalized spacial score (nSPS) is 16.2. The van der Waals surface area contributed by atoms with Crippen LogP contribution in [0.5, 0.6) is 0 Å². The smallest absolute Gasteiger partial charge is 0.242 e. The van der Waals surface area contributed by atoms with Crippen molar-refractivity contribution in [3.8, 4) is 0 Å². The minimum Gasteiger partial charge on any atom is -0.344 e. The molecule has 2 aromatic carbocycles. The first-order chi connectivity index (χ1) is 15.4. The lowest BCUT2D eigenvalue weighted by Crippen LogP contribution is -2.32. The predicted molar refractivity (Wildman–Crippen MR) is 128 cm³/mol. The highest BCUT2D eigenvalue weighted by atomic mass is 16.2. The Hall–Kier alpha value is -3.15. The summed E-state index contributed by atoms with van der Waals surface area (Å²) in [6.45, 7) is 7.77. The quantitative estimate of drug-likeness (QED) is 0.555. The van der Waals surface area contributed by atoms with Crippen LogP contribution in [0.3, 0.4) is 0 Å². The Morgan fingerprint density at radius 1 is 1.19 bits per heavy atom. The summed E-state index contributed by atoms with van der Waals surface area (Å²) in [5, 5.41) is 0. The highest BCUT2D eigenvalue weighted by Gasteiger charge is 2.35. The van der Waals surface area contributed by atoms with Gasteiger partial charge in [-0.15, -0.1) is 0 Å². The molecule has 2 amide bonds. The summed E-state index contributed by atoms with van der Waals surface area (Å²) in [7, 11) is 1.86. The summed E-state index contributed by atoms with van der Waals surface area (Å²) in [6, 6.07) is 14.1. The summed E-state index contributed by atoms with van der Waals surface area (Å²) < 4.78 is 2.02. The fourth-order valence-corrected chi connectivity index (χ4v) is 4.47. The first-order valence-corrected chi connectivity index (χ1v) is 11.5. The third kappa shape index (κ3) is 4.27. The van der Waals surface area contributed by atoms with Crippen LogP contribution in [0.1, 0.15) is 49.1 Å². The van der Waals surface area contributed by atoms with Gasteiger partial charge in [0, 0.05) is 38.2 Å². The molecule has 0 radical (unpaired) electrons. The Morgan fingerprint density at radius 3 is 2.75 bits per heavy atom. The van der Waals surface area contributed by atoms with Gasteiger partial charge in [0.2, 0.25) is 11.8 Å². The van der Waals surface area contributed by atoms with Crippen molar-refractivity contribution in [1.82, 2.24) is 14.5 Å². The SMILES string of the molecule is CCCCN(C)C(=O)Cn1c(C2CC(=O)N(c3cc(C)ccc3C)C2)nc2ccccc21. The number of nitrogens with zero attached hydrogens (tertiary/aromatic N) is 4. The van der Waals surface area contributed by atoms with Crippen LogP contribution in [0.4, 0.5) is 5.69 Å². The number of anilines is 1. The van der Waals surface area contributed by atoms with Gasteiger partial charge in [-0.3, -0.25) is 9.59 Å². The summed E-state index contributed by atoms with van der Waals surface area (Å²) in [4.78, 5) is 34.5. The van der Waals surface area contributed by atoms with Gasteiger partial charge >= 0.3 is 0 Å². The second-order valence-electron chi connectivity index (χ2n) is 8.91. The maximum absolute atomic E-state index is 13.0. The second-order valence-corrected chi connectivity index (χ2v) is 8.91. The van der Waals surface area contributed by atoms with Crippen LogP contribution in [0.2, 0.25) is 0 Å². The average Bonchev–Trinajstić information content (AvgIpc) is 3.34. The lowest BCUT2D eigenvalue weighted by Gasteiger charge is -2.21. The number of fused-ring (bicyclic) bond motifs is 1. The van der Waals surface area contributed by atoms with E-state index in [1.54, 1.807) is 4.90 Å². The number of aryl methyl sites for hydroxylation is 2. The monoisotopic (exact) mass is 432 g/mol. The van der Waals surface area contributed by atoms with Crippen molar-refractivity contribution >= 4 is 28.5 Å². The van der Waals surface area contributed by atoms with Crippen LogP contribution >= 0.6 is 0 Å². The largest absolute Gasteiger partial charge is 0.344 e. The van der Waals surface area contributed by atoms with Gasteiger partial charge in [-0.05, 0) is 49.6 Å². The lowest BCUT2D eigenvalue weighted by atomic mass is 10.1. The molecule has 0 spiro atoms. The van der Waals surface area contributed by atoms with E-state index in [9.17, 15) is 9.59 Å². The van der Waals surface area contributed by atoms with Crippen molar-refractivity contribution in [2.24, 2.45) is 0 Å². The molecule has 1 saturated heterocycles. The molecule has 6 heteroatoms. The van der Waals surface area contributed by atoms with E-state index >= 15 is 0 Å². The number of hydrogen-bond acceptors (Lipinski definition) is 3. The Kier molecular flexibility index (Phi) is 6.31. The maximum Gasteiger partial charge on any atom is 0.242 e. The van der Waals surface area contributed by atoms with Crippen molar-refractivity contribution in [1.29, 1.82) is 0 Å². The van der Waals surface area contributed by atoms with Gasteiger partial charge in [0.1, 0.15) is 12.4 Å². The van der Waals surface area contributed by atoms with Crippen molar-refractivity contribution in [2.75, 3.05) is 25.0 Å². The number of carbonyl (C=O) groups is 2. The molecule has 32 heavy (non-hydrogen) atoms. The van der Waals surface area contributed by atoms with Gasteiger partial charge in [-0.2, -0.15) is 0 Å². The third-order valence-electron chi connectivity index (χ3n) is 6.40. The lowest BCUT2D eigenvalue weighted by molar-refractivity contribution is -0.130. The van der Waals surface area contributed by atoms with E-state index < -0.39 is 0 Å². The van der Waals surface area contributed by atoms with Gasteiger partial charge in [0.15, 0.2) is 0 Å². The molecule has 1 fully saturated rings. The van der Waals surface area contributed by atoms with Gasteiger partial charge in [0.25, 0.3) is 0 Å². The number of amides is 2. The molecule has 4 rings (SSSR count). The summed E-state index contributed by atoms with van der Waals surface area (Å²) >= 11 is 0. The van der Waals surface area contributed by atoms with Gasteiger partial charge < -0.3 is 14.4 Å². The summed E-state index contributed by atoms with van der Waals surface area (Å²) in [5.41, 5.74) is 5.00. The Labute approximate surface area is 189 Å². The molecule has 2 heterocycles. The molecule has 1 atom stereocenters. The maximum atomic E-state index is 13.0. The van der Waals surface area contributed by atoms with Crippen LogP contribution in [0.15, 0.2) is 42.5 Å². The predicted octanol–water partition coefficient (Wildman–Crippen LogP) is 4.43. The van der Waals surface area contributed by atoms with E-state index in [1.165, 1.54) is 0 Å². The summed E-state index contributed by atoms with van der Waals surface area (Å²) in [5.74, 6) is 0.945. The number of likely N-dealkylation sites (N-methyl/N-ethyl adjacent to an activating group) is 1. The third-order valence-corrected chi connectivity index (χ3v) is 6.40. The molecule has 0 saturated carbocycles. The van der Waals surface area contributed by atoms with Gasteiger partial charge in [-0.1, -0.05) is 37.6 Å². The molecular formula is C26H32N4O2. The van der Waals surface area contributed by atoms with E-state index in [0.29, 0.717) is 13.0 Å². The zero-order valence-corrected chi connectivity index (χ0v) is 19.5. The topological polar surface area (TPSA) is 58.4 Å². The highest BCUT2D eigenvalue weighted by molar-refractivity contribution is 5.97. The van der Waals surface area contributed by atoms with Gasteiger partial charge in [0.05, 0.1) is 11.0 Å². The fourth-order valence-electron chi connectivity index (χ4n) is 4.47. The number of hydrogen-bond donors (Lipinski definition) is 0. The van der Waals surface area contributed by atoms with Crippen LogP contribution in [-0.2, 0) is 16.1 Å². The molecular weight excluding hydrogens is 400 g/mol. The molecule has 1 unspecified atom stereocenters. The molecule has 0 bridgehead atoms. The van der Waals surface area contributed by atoms with E-state index in [1.807, 2.05) is 54.6 Å². The number of imidazole rings is 1. The molecule has 1 aliphatic heterocycles. The Bertz CT molecular complexity index is 1150. The average molecular weight is 433 g/mol. The van der Waals surface area contributed by atoms with E-state index in [-0.39, 0.29) is 24.3 Å². The van der Waals surface area contributed by atoms with E-state index in [2.05, 4.69) is 25.1 Å². The highest BCUT2D eigenvalue weighted by Crippen LogP contribution is 2.34. The number of aromatic nitrogens is 2. The first-order valence-electron chi connectivity index (χ1n) is 11.5. The van der Waals surface area contributed by atoms with Crippen LogP contribution in [-0.4, -0.2) is 46.4 Å². The number of carbonyl (C=O) groups excluding carboxylic acids is 2. The summed E-state index contributed by atoms with van der Waals surface area (Å²) in [6.07, 6.45) is 2.44. The van der Waals surface area contributed by atoms with Crippen molar-refractivity contribution in [3.05, 3.63) is 59.4 Å². The standard InChI is InChI=1S/C26H32N4O2/c1-5-6-13-28(4)25(32)17-30-22-10-8-7-9-21(22)27-26(30)20-15-24(31)29(16-20)23-14-18(2)11-12-19(23)3/h7-12,14,20H,5-6,13,15-17H2,1-4H3. The number of unbranched alkanes of at least 4 members (excludes halogenated alkanes) is 1. The van der Waals surface area contributed by atoms with Crippen molar-refractivity contribution < 1.29 is 9.59 Å². The zero-order chi connectivity index (χ0) is 22.8. The molecule has 1 aliphatic rings. The fraction of sp³-hybridized carbons (Fsp3) is 0.423. The van der Waals surface area contributed by atoms with E-state index in [0.717, 1.165) is 53.1 Å². The number of rotatable bonds is 7. The minimum absolute atomic E-state index is 0.0523. The van der Waals surface area contributed by atoms with Crippen LogP contribution in [0, 0.1) is 13.8 Å². The first kappa shape index (κ1) is 22.1. The van der Waals surface area contributed by atoms with Crippen molar-refractivity contribution in [3.63, 3.8) is 0 Å². The minimum atomic E-state index is -0.0523. The second kappa shape index (κ2) is 9.15. The van der Waals surface area contributed by atoms with Crippen molar-refractivity contribution in [2.45, 2.75) is 52.5 Å². The molecule has 0 N–H and O–H groups in total. The number of para-hydroxylation sites is 2. The Balaban J connectivity index is 1.66. The van der Waals surface area contributed by atoms with Crippen LogP contribution < -0.4 is 4.90 Å². The molecule has 168 valence electrons. The Morgan fingerprint density at radius 2 is 1.97 bits per heavy atom.